The first-order chi connectivity index (χ1) is 15.4. The van der Waals surface area contributed by atoms with Gasteiger partial charge < -0.3 is 14.6 Å². The number of halogens is 1. The van der Waals surface area contributed by atoms with E-state index in [2.05, 4.69) is 11.1 Å². The van der Waals surface area contributed by atoms with Gasteiger partial charge in [-0.3, -0.25) is 9.59 Å². The summed E-state index contributed by atoms with van der Waals surface area (Å²) in [7, 11) is 0. The van der Waals surface area contributed by atoms with Gasteiger partial charge in [0.25, 0.3) is 5.56 Å². The lowest BCUT2D eigenvalue weighted by Gasteiger charge is -2.32. The van der Waals surface area contributed by atoms with Crippen LogP contribution in [0.1, 0.15) is 36.1 Å². The maximum atomic E-state index is 14.0. The van der Waals surface area contributed by atoms with Crippen LogP contribution in [0.25, 0.3) is 10.8 Å². The topological polar surface area (TPSA) is 86.2 Å². The summed E-state index contributed by atoms with van der Waals surface area (Å²) >= 11 is 0. The average Bonchev–Trinajstić information content (AvgIpc) is 2.80. The minimum absolute atomic E-state index is 0.0266. The number of hydrogen-bond donors (Lipinski definition) is 1. The van der Waals surface area contributed by atoms with Gasteiger partial charge in [0.15, 0.2) is 0 Å². The molecule has 1 aromatic heterocycles. The van der Waals surface area contributed by atoms with E-state index in [1.165, 1.54) is 6.07 Å². The maximum Gasteiger partial charge on any atom is 0.259 e. The van der Waals surface area contributed by atoms with Gasteiger partial charge in [0.05, 0.1) is 17.0 Å². The number of likely N-dealkylation sites (tertiary alicyclic amines) is 1. The quantitative estimate of drug-likeness (QED) is 0.662. The highest BCUT2D eigenvalue weighted by atomic mass is 19.1. The van der Waals surface area contributed by atoms with Gasteiger partial charge in [-0.05, 0) is 60.7 Å². The zero-order chi connectivity index (χ0) is 22.7. The molecule has 1 amide bonds. The number of nitrogens with one attached hydrogen (secondary N) is 1. The van der Waals surface area contributed by atoms with Crippen molar-refractivity contribution in [3.63, 3.8) is 0 Å². The van der Waals surface area contributed by atoms with Crippen molar-refractivity contribution < 1.29 is 13.9 Å². The van der Waals surface area contributed by atoms with E-state index in [-0.39, 0.29) is 23.8 Å². The van der Waals surface area contributed by atoms with Crippen molar-refractivity contribution in [2.75, 3.05) is 13.1 Å². The molecule has 0 radical (unpaired) electrons. The second kappa shape index (κ2) is 9.23. The summed E-state index contributed by atoms with van der Waals surface area (Å²) in [6.45, 7) is 3.05. The summed E-state index contributed by atoms with van der Waals surface area (Å²) < 4.78 is 20.0. The lowest BCUT2D eigenvalue weighted by Crippen LogP contribution is -2.41. The second-order valence-corrected chi connectivity index (χ2v) is 8.11. The molecule has 32 heavy (non-hydrogen) atoms. The van der Waals surface area contributed by atoms with E-state index >= 15 is 0 Å². The lowest BCUT2D eigenvalue weighted by atomic mass is 10.0. The van der Waals surface area contributed by atoms with Gasteiger partial charge in [0, 0.05) is 38.0 Å². The molecule has 0 spiro atoms. The fourth-order valence-corrected chi connectivity index (χ4v) is 4.09. The summed E-state index contributed by atoms with van der Waals surface area (Å²) in [6, 6.07) is 13.8. The highest BCUT2D eigenvalue weighted by Gasteiger charge is 2.24. The number of aryl methyl sites for hydroxylation is 2. The van der Waals surface area contributed by atoms with E-state index in [0.29, 0.717) is 36.2 Å². The smallest absolute Gasteiger partial charge is 0.259 e. The molecule has 7 heteroatoms. The van der Waals surface area contributed by atoms with Crippen LogP contribution >= 0.6 is 0 Å². The molecule has 0 aliphatic carbocycles. The van der Waals surface area contributed by atoms with E-state index in [9.17, 15) is 14.0 Å². The fourth-order valence-electron chi connectivity index (χ4n) is 4.09. The summed E-state index contributed by atoms with van der Waals surface area (Å²) in [4.78, 5) is 29.5. The van der Waals surface area contributed by atoms with Crippen molar-refractivity contribution in [3.05, 3.63) is 75.5 Å². The normalized spacial score (nSPS) is 14.3. The Kier molecular flexibility index (Phi) is 6.22. The number of benzene rings is 2. The molecule has 1 fully saturated rings. The molecule has 2 aromatic carbocycles. The number of piperidine rings is 1. The Hall–Kier alpha value is -3.66. The van der Waals surface area contributed by atoms with Crippen LogP contribution in [0.15, 0.2) is 47.3 Å². The number of aromatic nitrogens is 1. The zero-order valence-corrected chi connectivity index (χ0v) is 17.9. The van der Waals surface area contributed by atoms with Gasteiger partial charge in [-0.25, -0.2) is 4.39 Å². The van der Waals surface area contributed by atoms with Gasteiger partial charge in [-0.15, -0.1) is 0 Å². The minimum Gasteiger partial charge on any atom is -0.490 e. The number of carbonyl (C=O) groups excluding carboxylic acids is 1. The third-order valence-electron chi connectivity index (χ3n) is 5.92. The molecule has 0 unspecified atom stereocenters. The maximum absolute atomic E-state index is 14.0. The minimum atomic E-state index is -0.541. The highest BCUT2D eigenvalue weighted by molar-refractivity contribution is 5.85. The first kappa shape index (κ1) is 21.6. The Balaban J connectivity index is 1.32. The molecule has 1 aliphatic heterocycles. The van der Waals surface area contributed by atoms with Gasteiger partial charge >= 0.3 is 0 Å². The van der Waals surface area contributed by atoms with Crippen molar-refractivity contribution in [1.29, 1.82) is 5.26 Å². The van der Waals surface area contributed by atoms with E-state index in [4.69, 9.17) is 10.00 Å². The van der Waals surface area contributed by atoms with Crippen LogP contribution in [0.3, 0.4) is 0 Å². The highest BCUT2D eigenvalue weighted by Crippen LogP contribution is 2.21. The van der Waals surface area contributed by atoms with E-state index in [0.717, 1.165) is 24.2 Å². The predicted molar refractivity (Wildman–Crippen MR) is 119 cm³/mol. The number of pyridine rings is 1. The number of nitriles is 1. The van der Waals surface area contributed by atoms with Crippen molar-refractivity contribution >= 4 is 16.7 Å². The van der Waals surface area contributed by atoms with Crippen LogP contribution in [-0.4, -0.2) is 35.0 Å². The third kappa shape index (κ3) is 4.65. The van der Waals surface area contributed by atoms with Gasteiger partial charge in [0.2, 0.25) is 5.91 Å². The molecular formula is C25H24FN3O3. The van der Waals surface area contributed by atoms with Crippen molar-refractivity contribution in [1.82, 2.24) is 9.88 Å². The van der Waals surface area contributed by atoms with Crippen LogP contribution in [0.4, 0.5) is 4.39 Å². The molecule has 1 saturated heterocycles. The molecule has 0 bridgehead atoms. The number of hydrogen-bond acceptors (Lipinski definition) is 4. The van der Waals surface area contributed by atoms with Crippen LogP contribution < -0.4 is 10.3 Å². The number of aromatic amines is 1. The van der Waals surface area contributed by atoms with Crippen molar-refractivity contribution in [2.24, 2.45) is 0 Å². The Morgan fingerprint density at radius 1 is 1.22 bits per heavy atom. The summed E-state index contributed by atoms with van der Waals surface area (Å²) in [5.41, 5.74) is 1.57. The summed E-state index contributed by atoms with van der Waals surface area (Å²) in [6.07, 6.45) is 2.16. The van der Waals surface area contributed by atoms with E-state index < -0.39 is 11.4 Å². The van der Waals surface area contributed by atoms with Crippen LogP contribution in [0.2, 0.25) is 0 Å². The number of H-pyrrole nitrogens is 1. The number of rotatable bonds is 5. The standard InChI is InChI=1S/C25H24FN3O3/c1-16-2-8-22(26)24-21(16)14-18(28-25(24)31)5-9-23(30)29-12-10-20(11-13-29)32-19-6-3-17(15-27)4-7-19/h2-4,6-8,14,20H,5,9-13H2,1H3,(H,28,31). The largest absolute Gasteiger partial charge is 0.490 e. The molecule has 1 aliphatic rings. The molecule has 0 atom stereocenters. The first-order valence-electron chi connectivity index (χ1n) is 10.7. The Morgan fingerprint density at radius 2 is 1.94 bits per heavy atom. The number of nitrogens with zero attached hydrogens (tertiary/aromatic N) is 2. The first-order valence-corrected chi connectivity index (χ1v) is 10.7. The van der Waals surface area contributed by atoms with Crippen molar-refractivity contribution in [2.45, 2.75) is 38.7 Å². The second-order valence-electron chi connectivity index (χ2n) is 8.11. The molecule has 3 aromatic rings. The molecule has 0 saturated carbocycles. The van der Waals surface area contributed by atoms with Crippen LogP contribution in [-0.2, 0) is 11.2 Å². The Morgan fingerprint density at radius 3 is 2.62 bits per heavy atom. The lowest BCUT2D eigenvalue weighted by molar-refractivity contribution is -0.132. The van der Waals surface area contributed by atoms with Crippen molar-refractivity contribution in [3.8, 4) is 11.8 Å². The fraction of sp³-hybridized carbons (Fsp3) is 0.320. The SMILES string of the molecule is Cc1ccc(F)c2c(=O)[nH]c(CCC(=O)N3CCC(Oc4ccc(C#N)cc4)CC3)cc12. The molecule has 1 N–H and O–H groups in total. The number of ether oxygens (including phenoxy) is 1. The molecule has 2 heterocycles. The van der Waals surface area contributed by atoms with Crippen LogP contribution in [0, 0.1) is 24.1 Å². The van der Waals surface area contributed by atoms with E-state index in [1.54, 1.807) is 36.4 Å². The molecule has 164 valence electrons. The van der Waals surface area contributed by atoms with Gasteiger partial charge in [0.1, 0.15) is 17.7 Å². The molecule has 6 nitrogen and oxygen atoms in total. The number of amides is 1. The zero-order valence-electron chi connectivity index (χ0n) is 17.9. The third-order valence-corrected chi connectivity index (χ3v) is 5.92. The van der Waals surface area contributed by atoms with Crippen LogP contribution in [0.5, 0.6) is 5.75 Å². The Bertz CT molecular complexity index is 1240. The van der Waals surface area contributed by atoms with Gasteiger partial charge in [-0.2, -0.15) is 5.26 Å². The average molecular weight is 433 g/mol. The Labute approximate surface area is 185 Å². The van der Waals surface area contributed by atoms with Gasteiger partial charge in [-0.1, -0.05) is 6.07 Å². The van der Waals surface area contributed by atoms with E-state index in [1.807, 2.05) is 11.8 Å². The summed E-state index contributed by atoms with van der Waals surface area (Å²) in [5, 5.41) is 9.51. The molecular weight excluding hydrogens is 409 g/mol. The monoisotopic (exact) mass is 433 g/mol. The number of carbonyl (C=O) groups is 1. The predicted octanol–water partition coefficient (Wildman–Crippen LogP) is 3.85. The number of fused-ring (bicyclic) bond motifs is 1. The summed E-state index contributed by atoms with van der Waals surface area (Å²) in [5.74, 6) is 0.208. The molecule has 4 rings (SSSR count).